The fourth-order valence-electron chi connectivity index (χ4n) is 3.18. The highest BCUT2D eigenvalue weighted by Gasteiger charge is 2.22. The first-order valence-electron chi connectivity index (χ1n) is 10.3. The molecule has 1 fully saturated rings. The fourth-order valence-corrected chi connectivity index (χ4v) is 3.18. The van der Waals surface area contributed by atoms with Gasteiger partial charge < -0.3 is 19.3 Å². The zero-order valence-electron chi connectivity index (χ0n) is 17.8. The van der Waals surface area contributed by atoms with Gasteiger partial charge in [-0.15, -0.1) is 0 Å². The minimum Gasteiger partial charge on any atom is -0.507 e. The zero-order valence-corrected chi connectivity index (χ0v) is 17.8. The van der Waals surface area contributed by atoms with Crippen molar-refractivity contribution in [1.82, 2.24) is 0 Å². The molecule has 1 saturated heterocycles. The quantitative estimate of drug-likeness (QED) is 0.364. The predicted molar refractivity (Wildman–Crippen MR) is 117 cm³/mol. The van der Waals surface area contributed by atoms with Gasteiger partial charge in [-0.05, 0) is 56.2 Å². The van der Waals surface area contributed by atoms with Crippen LogP contribution in [0, 0.1) is 5.82 Å². The molecule has 1 N–H and O–H groups in total. The van der Waals surface area contributed by atoms with Crippen LogP contribution in [0.15, 0.2) is 54.3 Å². The Morgan fingerprint density at radius 2 is 1.87 bits per heavy atom. The molecule has 0 aromatic heterocycles. The Balaban J connectivity index is 1.78. The SMILES string of the molecule is CC(C)=CCc1c(OC2CCOCC2)ccc(C(=O)OC=Cc2ccc(F)cc2)c1O. The highest BCUT2D eigenvalue weighted by molar-refractivity contribution is 5.94. The van der Waals surface area contributed by atoms with E-state index >= 15 is 0 Å². The lowest BCUT2D eigenvalue weighted by Gasteiger charge is -2.25. The summed E-state index contributed by atoms with van der Waals surface area (Å²) in [4.78, 5) is 12.5. The minimum absolute atomic E-state index is 0.00930. The largest absolute Gasteiger partial charge is 0.507 e. The first-order chi connectivity index (χ1) is 14.9. The number of phenolic OH excluding ortho intramolecular Hbond substituents is 1. The lowest BCUT2D eigenvalue weighted by molar-refractivity contribution is 0.0251. The Bertz CT molecular complexity index is 953. The van der Waals surface area contributed by atoms with Crippen molar-refractivity contribution in [3.05, 3.63) is 76.8 Å². The van der Waals surface area contributed by atoms with Crippen LogP contribution in [0.25, 0.3) is 6.08 Å². The average molecular weight is 426 g/mol. The van der Waals surface area contributed by atoms with E-state index in [0.717, 1.165) is 18.4 Å². The second-order valence-electron chi connectivity index (χ2n) is 7.61. The molecule has 0 spiro atoms. The van der Waals surface area contributed by atoms with Gasteiger partial charge >= 0.3 is 5.97 Å². The van der Waals surface area contributed by atoms with Crippen LogP contribution in [0.5, 0.6) is 11.5 Å². The molecule has 2 aromatic rings. The van der Waals surface area contributed by atoms with E-state index in [2.05, 4.69) is 0 Å². The van der Waals surface area contributed by atoms with Gasteiger partial charge in [0.1, 0.15) is 29.0 Å². The van der Waals surface area contributed by atoms with Gasteiger partial charge in [0.05, 0.1) is 19.5 Å². The number of phenols is 1. The third-order valence-electron chi connectivity index (χ3n) is 4.94. The predicted octanol–water partition coefficient (Wildman–Crippen LogP) is 5.43. The van der Waals surface area contributed by atoms with Gasteiger partial charge in [-0.3, -0.25) is 0 Å². The highest BCUT2D eigenvalue weighted by atomic mass is 19.1. The summed E-state index contributed by atoms with van der Waals surface area (Å²) >= 11 is 0. The summed E-state index contributed by atoms with van der Waals surface area (Å²) < 4.78 is 29.6. The molecule has 0 saturated carbocycles. The van der Waals surface area contributed by atoms with Crippen LogP contribution in [-0.2, 0) is 15.9 Å². The minimum atomic E-state index is -0.688. The molecule has 0 radical (unpaired) electrons. The van der Waals surface area contributed by atoms with E-state index in [9.17, 15) is 14.3 Å². The summed E-state index contributed by atoms with van der Waals surface area (Å²) in [5.74, 6) is -0.625. The average Bonchev–Trinajstić information content (AvgIpc) is 2.75. The fraction of sp³-hybridized carbons (Fsp3) is 0.320. The molecule has 6 heteroatoms. The standard InChI is InChI=1S/C25H27FO5/c1-17(2)3-8-21-23(31-20-12-14-29-15-13-20)10-9-22(24(21)27)25(28)30-16-11-18-4-6-19(26)7-5-18/h3-7,9-11,16,20,27H,8,12-15H2,1-2H3. The van der Waals surface area contributed by atoms with Crippen LogP contribution in [0.3, 0.4) is 0 Å². The van der Waals surface area contributed by atoms with E-state index in [1.807, 2.05) is 19.9 Å². The lowest BCUT2D eigenvalue weighted by Crippen LogP contribution is -2.26. The Morgan fingerprint density at radius 3 is 2.55 bits per heavy atom. The second kappa shape index (κ2) is 10.8. The number of rotatable bonds is 7. The molecule has 31 heavy (non-hydrogen) atoms. The molecule has 0 amide bonds. The summed E-state index contributed by atoms with van der Waals surface area (Å²) in [6, 6.07) is 8.97. The Hall–Kier alpha value is -3.12. The molecule has 0 atom stereocenters. The number of hydrogen-bond acceptors (Lipinski definition) is 5. The summed E-state index contributed by atoms with van der Waals surface area (Å²) in [6.07, 6.45) is 6.73. The van der Waals surface area contributed by atoms with Crippen LogP contribution >= 0.6 is 0 Å². The molecule has 164 valence electrons. The van der Waals surface area contributed by atoms with Gasteiger partial charge in [0.2, 0.25) is 0 Å². The molecule has 2 aromatic carbocycles. The number of halogens is 1. The summed E-state index contributed by atoms with van der Waals surface area (Å²) in [7, 11) is 0. The van der Waals surface area contributed by atoms with Crippen LogP contribution in [0.1, 0.15) is 48.2 Å². The number of benzene rings is 2. The second-order valence-corrected chi connectivity index (χ2v) is 7.61. The van der Waals surface area contributed by atoms with Crippen LogP contribution in [-0.4, -0.2) is 30.4 Å². The Labute approximate surface area is 181 Å². The Kier molecular flexibility index (Phi) is 7.84. The van der Waals surface area contributed by atoms with E-state index in [0.29, 0.717) is 36.5 Å². The third kappa shape index (κ3) is 6.43. The van der Waals surface area contributed by atoms with Crippen molar-refractivity contribution in [1.29, 1.82) is 0 Å². The van der Waals surface area contributed by atoms with Gasteiger partial charge in [-0.2, -0.15) is 0 Å². The van der Waals surface area contributed by atoms with Crippen LogP contribution in [0.4, 0.5) is 4.39 Å². The highest BCUT2D eigenvalue weighted by Crippen LogP contribution is 2.34. The first kappa shape index (κ1) is 22.6. The van der Waals surface area contributed by atoms with Crippen molar-refractivity contribution in [3.63, 3.8) is 0 Å². The van der Waals surface area contributed by atoms with Crippen molar-refractivity contribution in [2.24, 2.45) is 0 Å². The van der Waals surface area contributed by atoms with Gasteiger partial charge in [0.25, 0.3) is 0 Å². The number of carbonyl (C=O) groups excluding carboxylic acids is 1. The van der Waals surface area contributed by atoms with Crippen molar-refractivity contribution in [2.75, 3.05) is 13.2 Å². The summed E-state index contributed by atoms with van der Waals surface area (Å²) in [6.45, 7) is 5.22. The normalized spacial score (nSPS) is 14.4. The molecule has 1 aliphatic heterocycles. The number of hydrogen-bond donors (Lipinski definition) is 1. The number of ether oxygens (including phenoxy) is 3. The maximum Gasteiger partial charge on any atom is 0.346 e. The van der Waals surface area contributed by atoms with Crippen LogP contribution < -0.4 is 4.74 Å². The van der Waals surface area contributed by atoms with E-state index in [1.54, 1.807) is 24.3 Å². The first-order valence-corrected chi connectivity index (χ1v) is 10.3. The summed E-state index contributed by atoms with van der Waals surface area (Å²) in [5.41, 5.74) is 2.37. The molecule has 0 unspecified atom stereocenters. The molecule has 5 nitrogen and oxygen atoms in total. The summed E-state index contributed by atoms with van der Waals surface area (Å²) in [5, 5.41) is 10.8. The Morgan fingerprint density at radius 1 is 1.16 bits per heavy atom. The van der Waals surface area contributed by atoms with Crippen molar-refractivity contribution < 1.29 is 28.5 Å². The molecule has 0 aliphatic carbocycles. The number of allylic oxidation sites excluding steroid dienone is 2. The van der Waals surface area contributed by atoms with E-state index in [1.165, 1.54) is 24.5 Å². The number of esters is 1. The smallest absolute Gasteiger partial charge is 0.346 e. The molecular formula is C25H27FO5. The topological polar surface area (TPSA) is 65.0 Å². The molecule has 3 rings (SSSR count). The van der Waals surface area contributed by atoms with E-state index < -0.39 is 5.97 Å². The number of aromatic hydroxyl groups is 1. The van der Waals surface area contributed by atoms with Crippen molar-refractivity contribution in [3.8, 4) is 11.5 Å². The molecule has 1 heterocycles. The van der Waals surface area contributed by atoms with E-state index in [4.69, 9.17) is 14.2 Å². The molecular weight excluding hydrogens is 399 g/mol. The third-order valence-corrected chi connectivity index (χ3v) is 4.94. The molecule has 1 aliphatic rings. The maximum atomic E-state index is 13.0. The van der Waals surface area contributed by atoms with Gasteiger partial charge in [-0.1, -0.05) is 23.8 Å². The maximum absolute atomic E-state index is 13.0. The van der Waals surface area contributed by atoms with Gasteiger partial charge in [0, 0.05) is 18.4 Å². The molecule has 0 bridgehead atoms. The monoisotopic (exact) mass is 426 g/mol. The lowest BCUT2D eigenvalue weighted by atomic mass is 10.0. The number of carbonyl (C=O) groups is 1. The van der Waals surface area contributed by atoms with Gasteiger partial charge in [-0.25, -0.2) is 9.18 Å². The van der Waals surface area contributed by atoms with Crippen LogP contribution in [0.2, 0.25) is 0 Å². The van der Waals surface area contributed by atoms with Gasteiger partial charge in [0.15, 0.2) is 0 Å². The van der Waals surface area contributed by atoms with Crippen molar-refractivity contribution in [2.45, 2.75) is 39.2 Å². The van der Waals surface area contributed by atoms with Crippen molar-refractivity contribution >= 4 is 12.0 Å². The zero-order chi connectivity index (χ0) is 22.2. The van der Waals surface area contributed by atoms with E-state index in [-0.39, 0.29) is 23.2 Å².